The quantitative estimate of drug-likeness (QED) is 0.411. The minimum Gasteiger partial charge on any atom is -0.478 e. The fraction of sp³-hybridized carbons (Fsp3) is 0.308. The summed E-state index contributed by atoms with van der Waals surface area (Å²) in [5.41, 5.74) is 1.61. The summed E-state index contributed by atoms with van der Waals surface area (Å²) in [7, 11) is 3.63. The lowest BCUT2D eigenvalue weighted by molar-refractivity contribution is 0.0690. The number of benzene rings is 1. The molecule has 2 N–H and O–H groups in total. The number of carboxylic acids is 1. The molecule has 1 aliphatic heterocycles. The van der Waals surface area contributed by atoms with Gasteiger partial charge in [0, 0.05) is 44.1 Å². The number of likely N-dealkylation sites (tertiary alicyclic amines) is 1. The first-order chi connectivity index (χ1) is 17.8. The van der Waals surface area contributed by atoms with E-state index in [0.717, 1.165) is 22.8 Å². The summed E-state index contributed by atoms with van der Waals surface area (Å²) in [5, 5.41) is 12.7. The Hall–Kier alpha value is -4.12. The Bertz CT molecular complexity index is 1560. The maximum atomic E-state index is 14.6. The van der Waals surface area contributed by atoms with E-state index in [2.05, 4.69) is 20.2 Å². The second kappa shape index (κ2) is 9.74. The van der Waals surface area contributed by atoms with Gasteiger partial charge in [-0.05, 0) is 61.7 Å². The van der Waals surface area contributed by atoms with Crippen LogP contribution in [0.3, 0.4) is 0 Å². The highest BCUT2D eigenvalue weighted by atomic mass is 19.2. The number of fused-ring (bicyclic) bond motifs is 1. The third kappa shape index (κ3) is 4.46. The van der Waals surface area contributed by atoms with Gasteiger partial charge in [0.1, 0.15) is 11.5 Å². The van der Waals surface area contributed by atoms with Crippen LogP contribution in [0.25, 0.3) is 16.7 Å². The number of halogens is 2. The average molecular weight is 509 g/mol. The average Bonchev–Trinajstić information content (AvgIpc) is 3.21. The maximum absolute atomic E-state index is 14.6. The highest BCUT2D eigenvalue weighted by Gasteiger charge is 2.27. The Morgan fingerprint density at radius 1 is 1.16 bits per heavy atom. The standard InChI is InChI=1S/C26H26F2N6O3/c1-29-21-8-12-34(26(37)31-21)20-5-9-30-24-19(20)13-16(32(24)2)14-33-10-6-15(7-11-33)17-3-4-18(25(35)36)23(28)22(17)27/h3-5,8-9,12-13,15H,6-7,10-11,14H2,1-2H3,(H,35,36)(H,29,31,37). The molecule has 0 aliphatic carbocycles. The zero-order chi connectivity index (χ0) is 26.3. The Balaban J connectivity index is 1.35. The van der Waals surface area contributed by atoms with E-state index in [-0.39, 0.29) is 11.5 Å². The predicted octanol–water partition coefficient (Wildman–Crippen LogP) is 3.52. The van der Waals surface area contributed by atoms with E-state index < -0.39 is 28.9 Å². The highest BCUT2D eigenvalue weighted by Crippen LogP contribution is 2.33. The third-order valence-electron chi connectivity index (χ3n) is 7.08. The molecular weight excluding hydrogens is 482 g/mol. The Morgan fingerprint density at radius 3 is 2.59 bits per heavy atom. The van der Waals surface area contributed by atoms with Crippen molar-refractivity contribution in [1.29, 1.82) is 0 Å². The van der Waals surface area contributed by atoms with Gasteiger partial charge >= 0.3 is 11.7 Å². The van der Waals surface area contributed by atoms with Crippen LogP contribution < -0.4 is 11.0 Å². The van der Waals surface area contributed by atoms with Crippen LogP contribution in [0.15, 0.2) is 47.5 Å². The molecule has 4 heterocycles. The largest absolute Gasteiger partial charge is 0.478 e. The van der Waals surface area contributed by atoms with Gasteiger partial charge in [0.05, 0.1) is 11.3 Å². The third-order valence-corrected chi connectivity index (χ3v) is 7.08. The fourth-order valence-corrected chi connectivity index (χ4v) is 5.02. The van der Waals surface area contributed by atoms with E-state index in [1.807, 2.05) is 17.7 Å². The van der Waals surface area contributed by atoms with Crippen LogP contribution in [0.1, 0.15) is 40.4 Å². The summed E-state index contributed by atoms with van der Waals surface area (Å²) in [6.45, 7) is 1.96. The molecule has 1 aromatic carbocycles. The van der Waals surface area contributed by atoms with Crippen LogP contribution in [-0.4, -0.2) is 55.2 Å². The molecule has 0 bridgehead atoms. The van der Waals surface area contributed by atoms with Crippen molar-refractivity contribution < 1.29 is 18.7 Å². The number of pyridine rings is 1. The predicted molar refractivity (Wildman–Crippen MR) is 134 cm³/mol. The summed E-state index contributed by atoms with van der Waals surface area (Å²) in [6, 6.07) is 8.05. The summed E-state index contributed by atoms with van der Waals surface area (Å²) < 4.78 is 32.2. The van der Waals surface area contributed by atoms with E-state index in [4.69, 9.17) is 5.11 Å². The van der Waals surface area contributed by atoms with Gasteiger partial charge in [-0.3, -0.25) is 9.47 Å². The van der Waals surface area contributed by atoms with E-state index in [1.165, 1.54) is 10.6 Å². The van der Waals surface area contributed by atoms with Crippen molar-refractivity contribution >= 4 is 22.8 Å². The van der Waals surface area contributed by atoms with Crippen molar-refractivity contribution in [3.05, 3.63) is 81.7 Å². The summed E-state index contributed by atoms with van der Waals surface area (Å²) in [6.07, 6.45) is 4.58. The molecule has 0 atom stereocenters. The van der Waals surface area contributed by atoms with Crippen molar-refractivity contribution in [1.82, 2.24) is 24.0 Å². The van der Waals surface area contributed by atoms with Gasteiger partial charge in [-0.25, -0.2) is 23.4 Å². The van der Waals surface area contributed by atoms with Gasteiger partial charge in [0.25, 0.3) is 0 Å². The number of aromatic nitrogens is 4. The monoisotopic (exact) mass is 508 g/mol. The maximum Gasteiger partial charge on any atom is 0.354 e. The SMILES string of the molecule is CNc1ccn(-c2ccnc3c2cc(CN2CCC(c4ccc(C(=O)O)c(F)c4F)CC2)n3C)c(=O)n1. The number of carboxylic acid groups (broad SMARTS) is 1. The second-order valence-corrected chi connectivity index (χ2v) is 9.16. The molecule has 1 aliphatic rings. The summed E-state index contributed by atoms with van der Waals surface area (Å²) in [4.78, 5) is 34.4. The van der Waals surface area contributed by atoms with Crippen LogP contribution in [0.2, 0.25) is 0 Å². The Labute approximate surface area is 211 Å². The second-order valence-electron chi connectivity index (χ2n) is 9.16. The van der Waals surface area contributed by atoms with Gasteiger partial charge in [-0.1, -0.05) is 6.07 Å². The van der Waals surface area contributed by atoms with E-state index in [9.17, 15) is 18.4 Å². The van der Waals surface area contributed by atoms with Crippen molar-refractivity contribution in [3.63, 3.8) is 0 Å². The van der Waals surface area contributed by atoms with E-state index in [0.29, 0.717) is 44.0 Å². The minimum absolute atomic E-state index is 0.186. The lowest BCUT2D eigenvalue weighted by atomic mass is 9.88. The lowest BCUT2D eigenvalue weighted by Gasteiger charge is -2.32. The number of hydrogen-bond acceptors (Lipinski definition) is 6. The molecule has 0 radical (unpaired) electrons. The van der Waals surface area contributed by atoms with Crippen molar-refractivity contribution in [2.45, 2.75) is 25.3 Å². The lowest BCUT2D eigenvalue weighted by Crippen LogP contribution is -2.33. The molecule has 0 spiro atoms. The molecule has 4 aromatic rings. The van der Waals surface area contributed by atoms with Crippen LogP contribution in [0.5, 0.6) is 0 Å². The summed E-state index contributed by atoms with van der Waals surface area (Å²) >= 11 is 0. The number of anilines is 1. The topological polar surface area (TPSA) is 105 Å². The first-order valence-corrected chi connectivity index (χ1v) is 11.9. The Kier molecular flexibility index (Phi) is 6.46. The van der Waals surface area contributed by atoms with Gasteiger partial charge < -0.3 is 15.0 Å². The van der Waals surface area contributed by atoms with Crippen molar-refractivity contribution in [2.24, 2.45) is 7.05 Å². The number of piperidine rings is 1. The normalized spacial score (nSPS) is 14.8. The van der Waals surface area contributed by atoms with Crippen molar-refractivity contribution in [3.8, 4) is 5.69 Å². The number of nitrogens with zero attached hydrogens (tertiary/aromatic N) is 5. The van der Waals surface area contributed by atoms with Crippen LogP contribution >= 0.6 is 0 Å². The van der Waals surface area contributed by atoms with Gasteiger partial charge in [-0.15, -0.1) is 0 Å². The molecule has 192 valence electrons. The summed E-state index contributed by atoms with van der Waals surface area (Å²) in [5.74, 6) is -3.56. The first-order valence-electron chi connectivity index (χ1n) is 11.9. The van der Waals surface area contributed by atoms with Crippen LogP contribution in [0.4, 0.5) is 14.6 Å². The number of carbonyl (C=O) groups is 1. The van der Waals surface area contributed by atoms with E-state index in [1.54, 1.807) is 31.6 Å². The van der Waals surface area contributed by atoms with Gasteiger partial charge in [0.2, 0.25) is 0 Å². The number of aryl methyl sites for hydroxylation is 1. The highest BCUT2D eigenvalue weighted by molar-refractivity contribution is 5.88. The zero-order valence-corrected chi connectivity index (χ0v) is 20.4. The van der Waals surface area contributed by atoms with E-state index >= 15 is 0 Å². The molecule has 1 saturated heterocycles. The zero-order valence-electron chi connectivity index (χ0n) is 20.4. The molecule has 1 fully saturated rings. The number of hydrogen-bond donors (Lipinski definition) is 2. The number of rotatable bonds is 6. The smallest absolute Gasteiger partial charge is 0.354 e. The molecule has 37 heavy (non-hydrogen) atoms. The number of nitrogens with one attached hydrogen (secondary N) is 1. The van der Waals surface area contributed by atoms with Gasteiger partial charge in [0.15, 0.2) is 11.6 Å². The van der Waals surface area contributed by atoms with Crippen LogP contribution in [-0.2, 0) is 13.6 Å². The molecule has 0 amide bonds. The van der Waals surface area contributed by atoms with Gasteiger partial charge in [-0.2, -0.15) is 4.98 Å². The molecule has 9 nitrogen and oxygen atoms in total. The molecular formula is C26H26F2N6O3. The fourth-order valence-electron chi connectivity index (χ4n) is 5.02. The molecule has 11 heteroatoms. The van der Waals surface area contributed by atoms with Crippen molar-refractivity contribution in [2.75, 3.05) is 25.5 Å². The minimum atomic E-state index is -1.48. The molecule has 0 saturated carbocycles. The van der Waals surface area contributed by atoms with Crippen LogP contribution in [0, 0.1) is 11.6 Å². The first kappa shape index (κ1) is 24.6. The Morgan fingerprint density at radius 2 is 1.92 bits per heavy atom. The molecule has 0 unspecified atom stereocenters. The molecule has 5 rings (SSSR count). The molecule has 3 aromatic heterocycles. The number of aromatic carboxylic acids is 1.